The number of aromatic nitrogens is 1. The number of Topliss-reactive ketones (excluding diaryl/α,β-unsaturated/α-hetero) is 1. The van der Waals surface area contributed by atoms with Gasteiger partial charge in [-0.05, 0) is 20.8 Å². The van der Waals surface area contributed by atoms with Crippen LogP contribution in [0.3, 0.4) is 0 Å². The Labute approximate surface area is 156 Å². The Hall–Kier alpha value is -2.79. The first kappa shape index (κ1) is 18.0. The second-order valence-electron chi connectivity index (χ2n) is 6.18. The van der Waals surface area contributed by atoms with Crippen molar-refractivity contribution in [2.45, 2.75) is 26.9 Å². The van der Waals surface area contributed by atoms with Crippen LogP contribution in [0.1, 0.15) is 38.9 Å². The lowest BCUT2D eigenvalue weighted by atomic mass is 10.1. The number of carbonyl (C=O) groups excluding carboxylic acids is 2. The molecule has 0 aliphatic rings. The second-order valence-corrected chi connectivity index (χ2v) is 7.04. The summed E-state index contributed by atoms with van der Waals surface area (Å²) in [4.78, 5) is 29.0. The standard InChI is InChI=1S/C21H19NO3S/c1-13-4-8-16(9-5-13)19(23)15(3)25-21(24)18-12-26-20(22-18)17-10-6-14(2)7-11-17/h4-12,15H,1-3H3/t15-/m0/s1. The molecule has 3 aromatic rings. The number of benzene rings is 2. The number of esters is 1. The summed E-state index contributed by atoms with van der Waals surface area (Å²) in [5, 5.41) is 2.40. The van der Waals surface area contributed by atoms with Gasteiger partial charge in [0, 0.05) is 16.5 Å². The summed E-state index contributed by atoms with van der Waals surface area (Å²) in [6, 6.07) is 15.1. The summed E-state index contributed by atoms with van der Waals surface area (Å²) in [6.45, 7) is 5.54. The number of ether oxygens (including phenoxy) is 1. The summed E-state index contributed by atoms with van der Waals surface area (Å²) in [5.74, 6) is -0.820. The zero-order valence-electron chi connectivity index (χ0n) is 14.9. The maximum atomic E-state index is 12.4. The maximum Gasteiger partial charge on any atom is 0.358 e. The largest absolute Gasteiger partial charge is 0.450 e. The topological polar surface area (TPSA) is 56.3 Å². The third kappa shape index (κ3) is 4.06. The predicted molar refractivity (Wildman–Crippen MR) is 103 cm³/mol. The molecule has 132 valence electrons. The number of hydrogen-bond acceptors (Lipinski definition) is 5. The molecule has 5 heteroatoms. The molecule has 3 rings (SSSR count). The lowest BCUT2D eigenvalue weighted by Gasteiger charge is -2.11. The SMILES string of the molecule is Cc1ccc(C(=O)[C@H](C)OC(=O)c2csc(-c3ccc(C)cc3)n2)cc1. The molecule has 0 amide bonds. The van der Waals surface area contributed by atoms with Gasteiger partial charge in [0.05, 0.1) is 0 Å². The lowest BCUT2D eigenvalue weighted by Crippen LogP contribution is -2.24. The normalized spacial score (nSPS) is 11.8. The van der Waals surface area contributed by atoms with Crippen LogP contribution in [0.4, 0.5) is 0 Å². The van der Waals surface area contributed by atoms with Crippen LogP contribution in [0.25, 0.3) is 10.6 Å². The number of hydrogen-bond donors (Lipinski definition) is 0. The molecule has 0 aliphatic heterocycles. The minimum absolute atomic E-state index is 0.217. The highest BCUT2D eigenvalue weighted by Gasteiger charge is 2.22. The van der Waals surface area contributed by atoms with Crippen LogP contribution in [0, 0.1) is 13.8 Å². The molecule has 1 aromatic heterocycles. The van der Waals surface area contributed by atoms with Crippen LogP contribution in [-0.4, -0.2) is 22.8 Å². The Morgan fingerprint density at radius 3 is 2.15 bits per heavy atom. The number of nitrogens with zero attached hydrogens (tertiary/aromatic N) is 1. The van der Waals surface area contributed by atoms with Crippen molar-refractivity contribution in [1.82, 2.24) is 4.98 Å². The third-order valence-electron chi connectivity index (χ3n) is 4.00. The van der Waals surface area contributed by atoms with E-state index in [1.54, 1.807) is 24.4 Å². The van der Waals surface area contributed by atoms with Gasteiger partial charge in [-0.15, -0.1) is 11.3 Å². The first-order valence-corrected chi connectivity index (χ1v) is 9.16. The number of thiazole rings is 1. The summed E-state index contributed by atoms with van der Waals surface area (Å²) < 4.78 is 5.31. The van der Waals surface area contributed by atoms with E-state index < -0.39 is 12.1 Å². The molecule has 0 bridgehead atoms. The number of aryl methyl sites for hydroxylation is 2. The van der Waals surface area contributed by atoms with Gasteiger partial charge in [0.1, 0.15) is 5.01 Å². The van der Waals surface area contributed by atoms with Gasteiger partial charge >= 0.3 is 5.97 Å². The fourth-order valence-electron chi connectivity index (χ4n) is 2.42. The fraction of sp³-hybridized carbons (Fsp3) is 0.190. The highest BCUT2D eigenvalue weighted by atomic mass is 32.1. The molecule has 0 spiro atoms. The fourth-order valence-corrected chi connectivity index (χ4v) is 3.22. The van der Waals surface area contributed by atoms with E-state index in [4.69, 9.17) is 4.74 Å². The Morgan fingerprint density at radius 2 is 1.54 bits per heavy atom. The van der Waals surface area contributed by atoms with Gasteiger partial charge in [-0.2, -0.15) is 0 Å². The quantitative estimate of drug-likeness (QED) is 0.479. The molecule has 0 fully saturated rings. The van der Waals surface area contributed by atoms with Gasteiger partial charge in [0.25, 0.3) is 0 Å². The van der Waals surface area contributed by atoms with E-state index in [2.05, 4.69) is 4.98 Å². The zero-order valence-corrected chi connectivity index (χ0v) is 15.7. The van der Waals surface area contributed by atoms with Crippen molar-refractivity contribution < 1.29 is 14.3 Å². The molecular weight excluding hydrogens is 346 g/mol. The van der Waals surface area contributed by atoms with Crippen LogP contribution in [0.5, 0.6) is 0 Å². The summed E-state index contributed by atoms with van der Waals surface area (Å²) in [6.07, 6.45) is -0.866. The van der Waals surface area contributed by atoms with Gasteiger partial charge in [-0.3, -0.25) is 4.79 Å². The monoisotopic (exact) mass is 365 g/mol. The molecule has 1 atom stereocenters. The zero-order chi connectivity index (χ0) is 18.7. The molecule has 0 unspecified atom stereocenters. The summed E-state index contributed by atoms with van der Waals surface area (Å²) in [7, 11) is 0. The van der Waals surface area contributed by atoms with E-state index in [1.807, 2.05) is 50.2 Å². The molecule has 0 saturated carbocycles. The molecule has 0 aliphatic carbocycles. The highest BCUT2D eigenvalue weighted by molar-refractivity contribution is 7.13. The Morgan fingerprint density at radius 1 is 0.962 bits per heavy atom. The first-order chi connectivity index (χ1) is 12.4. The van der Waals surface area contributed by atoms with Gasteiger partial charge in [0.15, 0.2) is 11.8 Å². The smallest absolute Gasteiger partial charge is 0.358 e. The van der Waals surface area contributed by atoms with Gasteiger partial charge < -0.3 is 4.74 Å². The van der Waals surface area contributed by atoms with E-state index in [0.29, 0.717) is 5.56 Å². The van der Waals surface area contributed by atoms with E-state index >= 15 is 0 Å². The summed E-state index contributed by atoms with van der Waals surface area (Å²) in [5.41, 5.74) is 3.91. The molecule has 26 heavy (non-hydrogen) atoms. The molecular formula is C21H19NO3S. The van der Waals surface area contributed by atoms with Crippen molar-refractivity contribution >= 4 is 23.1 Å². The number of carbonyl (C=O) groups is 2. The molecule has 0 radical (unpaired) electrons. The van der Waals surface area contributed by atoms with Crippen LogP contribution in [0.2, 0.25) is 0 Å². The average molecular weight is 365 g/mol. The van der Waals surface area contributed by atoms with Gasteiger partial charge in [0.2, 0.25) is 5.78 Å². The van der Waals surface area contributed by atoms with Gasteiger partial charge in [-0.1, -0.05) is 59.7 Å². The van der Waals surface area contributed by atoms with Crippen LogP contribution >= 0.6 is 11.3 Å². The van der Waals surface area contributed by atoms with Crippen LogP contribution in [-0.2, 0) is 4.74 Å². The number of rotatable bonds is 5. The minimum atomic E-state index is -0.866. The highest BCUT2D eigenvalue weighted by Crippen LogP contribution is 2.24. The third-order valence-corrected chi connectivity index (χ3v) is 4.89. The molecule has 2 aromatic carbocycles. The summed E-state index contributed by atoms with van der Waals surface area (Å²) >= 11 is 1.37. The van der Waals surface area contributed by atoms with Crippen LogP contribution in [0.15, 0.2) is 53.9 Å². The van der Waals surface area contributed by atoms with E-state index in [0.717, 1.165) is 21.7 Å². The Balaban J connectivity index is 1.69. The van der Waals surface area contributed by atoms with Crippen molar-refractivity contribution in [2.75, 3.05) is 0 Å². The first-order valence-electron chi connectivity index (χ1n) is 8.28. The second kappa shape index (κ2) is 7.62. The van der Waals surface area contributed by atoms with Crippen LogP contribution < -0.4 is 0 Å². The molecule has 0 N–H and O–H groups in total. The van der Waals surface area contributed by atoms with E-state index in [1.165, 1.54) is 11.3 Å². The van der Waals surface area contributed by atoms with Crippen molar-refractivity contribution in [3.63, 3.8) is 0 Å². The minimum Gasteiger partial charge on any atom is -0.450 e. The predicted octanol–water partition coefficient (Wildman–Crippen LogP) is 4.86. The lowest BCUT2D eigenvalue weighted by molar-refractivity contribution is 0.0314. The van der Waals surface area contributed by atoms with Gasteiger partial charge in [-0.25, -0.2) is 9.78 Å². The van der Waals surface area contributed by atoms with Crippen molar-refractivity contribution in [1.29, 1.82) is 0 Å². The van der Waals surface area contributed by atoms with Crippen molar-refractivity contribution in [3.05, 3.63) is 76.3 Å². The van der Waals surface area contributed by atoms with E-state index in [-0.39, 0.29) is 11.5 Å². The van der Waals surface area contributed by atoms with E-state index in [9.17, 15) is 9.59 Å². The number of ketones is 1. The van der Waals surface area contributed by atoms with Crippen molar-refractivity contribution in [2.24, 2.45) is 0 Å². The molecule has 1 heterocycles. The molecule has 4 nitrogen and oxygen atoms in total. The van der Waals surface area contributed by atoms with Crippen molar-refractivity contribution in [3.8, 4) is 10.6 Å². The molecule has 0 saturated heterocycles. The average Bonchev–Trinajstić information content (AvgIpc) is 3.12. The Kier molecular flexibility index (Phi) is 5.28. The Bertz CT molecular complexity index is 927. The maximum absolute atomic E-state index is 12.4.